The van der Waals surface area contributed by atoms with Crippen molar-refractivity contribution >= 4 is 10.9 Å². The standard InChI is InChI=1S/C14H17N3/c1-3-11-4-5-13-12(9-16-7-6-15-2)10-17-14(13)8-11/h1,4-5,8,10,15-17H,6-7,9H2,2H3. The minimum absolute atomic E-state index is 0.872. The molecule has 2 aromatic rings. The van der Waals surface area contributed by atoms with E-state index in [-0.39, 0.29) is 0 Å². The minimum atomic E-state index is 0.872. The summed E-state index contributed by atoms with van der Waals surface area (Å²) in [5.41, 5.74) is 3.29. The number of likely N-dealkylation sites (N-methyl/N-ethyl adjacent to an activating group) is 1. The third-order valence-corrected chi connectivity index (χ3v) is 2.80. The molecular formula is C14H17N3. The number of nitrogens with one attached hydrogen (secondary N) is 3. The molecule has 0 atom stereocenters. The summed E-state index contributed by atoms with van der Waals surface area (Å²) in [6.07, 6.45) is 7.42. The third kappa shape index (κ3) is 2.68. The van der Waals surface area contributed by atoms with Crippen LogP contribution in [0.1, 0.15) is 11.1 Å². The van der Waals surface area contributed by atoms with Crippen LogP contribution in [0, 0.1) is 12.3 Å². The van der Waals surface area contributed by atoms with Crippen molar-refractivity contribution in [3.8, 4) is 12.3 Å². The van der Waals surface area contributed by atoms with Crippen LogP contribution < -0.4 is 10.6 Å². The number of benzene rings is 1. The fraction of sp³-hybridized carbons (Fsp3) is 0.286. The summed E-state index contributed by atoms with van der Waals surface area (Å²) in [4.78, 5) is 3.25. The first-order chi connectivity index (χ1) is 8.35. The second kappa shape index (κ2) is 5.53. The van der Waals surface area contributed by atoms with Gasteiger partial charge in [0.05, 0.1) is 0 Å². The quantitative estimate of drug-likeness (QED) is 0.534. The summed E-state index contributed by atoms with van der Waals surface area (Å²) in [5, 5.41) is 7.73. The van der Waals surface area contributed by atoms with Crippen molar-refractivity contribution < 1.29 is 0 Å². The molecule has 88 valence electrons. The van der Waals surface area contributed by atoms with Crippen LogP contribution in [-0.2, 0) is 6.54 Å². The Labute approximate surface area is 102 Å². The van der Waals surface area contributed by atoms with E-state index in [9.17, 15) is 0 Å². The summed E-state index contributed by atoms with van der Waals surface area (Å²) in [6, 6.07) is 6.07. The second-order valence-electron chi connectivity index (χ2n) is 4.00. The molecule has 0 radical (unpaired) electrons. The summed E-state index contributed by atoms with van der Waals surface area (Å²) < 4.78 is 0. The van der Waals surface area contributed by atoms with Gasteiger partial charge in [-0.3, -0.25) is 0 Å². The van der Waals surface area contributed by atoms with Gasteiger partial charge in [-0.05, 0) is 24.7 Å². The van der Waals surface area contributed by atoms with E-state index >= 15 is 0 Å². The summed E-state index contributed by atoms with van der Waals surface area (Å²) >= 11 is 0. The van der Waals surface area contributed by atoms with Crippen LogP contribution in [0.5, 0.6) is 0 Å². The van der Waals surface area contributed by atoms with Gasteiger partial charge in [-0.15, -0.1) is 6.42 Å². The van der Waals surface area contributed by atoms with Crippen LogP contribution in [0.2, 0.25) is 0 Å². The normalized spacial score (nSPS) is 10.6. The zero-order valence-corrected chi connectivity index (χ0v) is 10.0. The predicted molar refractivity (Wildman–Crippen MR) is 71.9 cm³/mol. The predicted octanol–water partition coefficient (Wildman–Crippen LogP) is 1.46. The highest BCUT2D eigenvalue weighted by Gasteiger charge is 2.03. The summed E-state index contributed by atoms with van der Waals surface area (Å²) in [7, 11) is 1.95. The number of terminal acetylenes is 1. The number of aromatic nitrogens is 1. The molecule has 0 aliphatic heterocycles. The lowest BCUT2D eigenvalue weighted by molar-refractivity contribution is 0.652. The first-order valence-electron chi connectivity index (χ1n) is 5.77. The van der Waals surface area contributed by atoms with Crippen LogP contribution in [-0.4, -0.2) is 25.1 Å². The van der Waals surface area contributed by atoms with Gasteiger partial charge < -0.3 is 15.6 Å². The van der Waals surface area contributed by atoms with E-state index in [1.54, 1.807) is 0 Å². The van der Waals surface area contributed by atoms with E-state index in [0.717, 1.165) is 30.7 Å². The average Bonchev–Trinajstić information content (AvgIpc) is 2.77. The van der Waals surface area contributed by atoms with Crippen LogP contribution in [0.3, 0.4) is 0 Å². The average molecular weight is 227 g/mol. The van der Waals surface area contributed by atoms with Crippen molar-refractivity contribution in [2.24, 2.45) is 0 Å². The number of aromatic amines is 1. The highest BCUT2D eigenvalue weighted by molar-refractivity contribution is 5.84. The number of rotatable bonds is 5. The van der Waals surface area contributed by atoms with E-state index < -0.39 is 0 Å². The molecule has 0 amide bonds. The van der Waals surface area contributed by atoms with E-state index in [0.29, 0.717) is 0 Å². The van der Waals surface area contributed by atoms with E-state index in [4.69, 9.17) is 6.42 Å². The maximum absolute atomic E-state index is 5.38. The lowest BCUT2D eigenvalue weighted by atomic mass is 10.1. The van der Waals surface area contributed by atoms with Gasteiger partial charge in [0.15, 0.2) is 0 Å². The molecule has 0 aliphatic rings. The van der Waals surface area contributed by atoms with Gasteiger partial charge in [-0.1, -0.05) is 12.0 Å². The van der Waals surface area contributed by atoms with E-state index in [1.807, 2.05) is 25.4 Å². The highest BCUT2D eigenvalue weighted by atomic mass is 14.9. The van der Waals surface area contributed by atoms with Crippen molar-refractivity contribution in [2.75, 3.05) is 20.1 Å². The van der Waals surface area contributed by atoms with Crippen molar-refractivity contribution in [3.63, 3.8) is 0 Å². The smallest absolute Gasteiger partial charge is 0.0469 e. The Bertz CT molecular complexity index is 534. The minimum Gasteiger partial charge on any atom is -0.361 e. The first-order valence-corrected chi connectivity index (χ1v) is 5.77. The molecule has 0 saturated heterocycles. The van der Waals surface area contributed by atoms with E-state index in [2.05, 4.69) is 27.6 Å². The van der Waals surface area contributed by atoms with Crippen molar-refractivity contribution in [1.82, 2.24) is 15.6 Å². The van der Waals surface area contributed by atoms with Crippen LogP contribution in [0.25, 0.3) is 10.9 Å². The van der Waals surface area contributed by atoms with Crippen LogP contribution in [0.4, 0.5) is 0 Å². The molecule has 2 rings (SSSR count). The Kier molecular flexibility index (Phi) is 3.81. The summed E-state index contributed by atoms with van der Waals surface area (Å²) in [5.74, 6) is 2.64. The maximum atomic E-state index is 5.38. The van der Waals surface area contributed by atoms with Gasteiger partial charge in [-0.2, -0.15) is 0 Å². The van der Waals surface area contributed by atoms with Crippen LogP contribution >= 0.6 is 0 Å². The molecule has 3 nitrogen and oxygen atoms in total. The highest BCUT2D eigenvalue weighted by Crippen LogP contribution is 2.19. The molecule has 3 N–H and O–H groups in total. The Hall–Kier alpha value is -1.76. The zero-order chi connectivity index (χ0) is 12.1. The number of hydrogen-bond donors (Lipinski definition) is 3. The second-order valence-corrected chi connectivity index (χ2v) is 4.00. The van der Waals surface area contributed by atoms with Gasteiger partial charge in [0.25, 0.3) is 0 Å². The number of hydrogen-bond acceptors (Lipinski definition) is 2. The molecule has 0 bridgehead atoms. The molecule has 17 heavy (non-hydrogen) atoms. The Balaban J connectivity index is 2.11. The largest absolute Gasteiger partial charge is 0.361 e. The molecule has 0 unspecified atom stereocenters. The number of fused-ring (bicyclic) bond motifs is 1. The molecule has 0 saturated carbocycles. The summed E-state index contributed by atoms with van der Waals surface area (Å²) in [6.45, 7) is 2.81. The Morgan fingerprint density at radius 1 is 1.35 bits per heavy atom. The van der Waals surface area contributed by atoms with Gasteiger partial charge >= 0.3 is 0 Å². The fourth-order valence-electron chi connectivity index (χ4n) is 1.86. The molecular weight excluding hydrogens is 210 g/mol. The maximum Gasteiger partial charge on any atom is 0.0469 e. The Morgan fingerprint density at radius 2 is 2.24 bits per heavy atom. The first kappa shape index (κ1) is 11.7. The van der Waals surface area contributed by atoms with E-state index in [1.165, 1.54) is 10.9 Å². The van der Waals surface area contributed by atoms with Gasteiger partial charge in [0.1, 0.15) is 0 Å². The van der Waals surface area contributed by atoms with Crippen molar-refractivity contribution in [2.45, 2.75) is 6.54 Å². The van der Waals surface area contributed by atoms with Crippen molar-refractivity contribution in [1.29, 1.82) is 0 Å². The third-order valence-electron chi connectivity index (χ3n) is 2.80. The molecule has 0 aliphatic carbocycles. The van der Waals surface area contributed by atoms with Crippen LogP contribution in [0.15, 0.2) is 24.4 Å². The lowest BCUT2D eigenvalue weighted by Gasteiger charge is -2.03. The molecule has 3 heteroatoms. The Morgan fingerprint density at radius 3 is 3.00 bits per heavy atom. The molecule has 0 spiro atoms. The van der Waals surface area contributed by atoms with Gasteiger partial charge in [0.2, 0.25) is 0 Å². The zero-order valence-electron chi connectivity index (χ0n) is 10.0. The van der Waals surface area contributed by atoms with Gasteiger partial charge in [0, 0.05) is 42.3 Å². The van der Waals surface area contributed by atoms with Crippen molar-refractivity contribution in [3.05, 3.63) is 35.5 Å². The molecule has 1 aromatic carbocycles. The molecule has 1 heterocycles. The monoisotopic (exact) mass is 227 g/mol. The number of H-pyrrole nitrogens is 1. The fourth-order valence-corrected chi connectivity index (χ4v) is 1.86. The SMILES string of the molecule is C#Cc1ccc2c(CNCCNC)c[nH]c2c1. The topological polar surface area (TPSA) is 39.8 Å². The van der Waals surface area contributed by atoms with Gasteiger partial charge in [-0.25, -0.2) is 0 Å². The molecule has 0 fully saturated rings. The molecule has 1 aromatic heterocycles. The lowest BCUT2D eigenvalue weighted by Crippen LogP contribution is -2.24.